The van der Waals surface area contributed by atoms with E-state index in [1.165, 1.54) is 57.0 Å². The van der Waals surface area contributed by atoms with E-state index < -0.39 is 16.9 Å². The Labute approximate surface area is 240 Å². The van der Waals surface area contributed by atoms with Gasteiger partial charge in [-0.15, -0.1) is 0 Å². The van der Waals surface area contributed by atoms with E-state index in [1.54, 1.807) is 0 Å². The SMILES string of the molecule is CCC(F)(F)OCCC1(C)c2ccccc2-c2ccc3c(c21)C(c1ccccc1)(c1ccccc1)c1ccccc1-3. The zero-order chi connectivity index (χ0) is 28.2. The fourth-order valence-corrected chi connectivity index (χ4v) is 7.44. The molecule has 0 amide bonds. The number of hydrogen-bond donors (Lipinski definition) is 0. The van der Waals surface area contributed by atoms with Crippen molar-refractivity contribution in [3.05, 3.63) is 155 Å². The van der Waals surface area contributed by atoms with Crippen LogP contribution in [0.25, 0.3) is 22.3 Å². The van der Waals surface area contributed by atoms with Crippen molar-refractivity contribution in [2.24, 2.45) is 0 Å². The molecule has 0 radical (unpaired) electrons. The molecule has 204 valence electrons. The first kappa shape index (κ1) is 25.9. The highest BCUT2D eigenvalue weighted by atomic mass is 19.3. The molecule has 0 fully saturated rings. The Morgan fingerprint density at radius 3 is 1.66 bits per heavy atom. The summed E-state index contributed by atoms with van der Waals surface area (Å²) in [5, 5.41) is 0. The van der Waals surface area contributed by atoms with E-state index in [-0.39, 0.29) is 13.0 Å². The lowest BCUT2D eigenvalue weighted by atomic mass is 9.63. The van der Waals surface area contributed by atoms with Crippen LogP contribution in [-0.4, -0.2) is 12.7 Å². The van der Waals surface area contributed by atoms with E-state index in [1.807, 2.05) is 0 Å². The fourth-order valence-electron chi connectivity index (χ4n) is 7.44. The summed E-state index contributed by atoms with van der Waals surface area (Å²) in [5.41, 5.74) is 10.9. The zero-order valence-corrected chi connectivity index (χ0v) is 23.3. The maximum Gasteiger partial charge on any atom is 0.355 e. The lowest BCUT2D eigenvalue weighted by Gasteiger charge is -2.38. The molecule has 2 aliphatic rings. The van der Waals surface area contributed by atoms with Crippen LogP contribution in [0.2, 0.25) is 0 Å². The standard InChI is InChI=1S/C38H32F2O/c1-3-37(39,40)41-25-24-36(2)32-20-12-10-18-28(32)30-22-23-31-29-19-11-13-21-33(29)38(35(31)34(30)36,26-14-6-4-7-15-26)27-16-8-5-9-17-27/h4-23H,3,24-25H2,1-2H3. The minimum absolute atomic E-state index is 0.0363. The number of fused-ring (bicyclic) bond motifs is 7. The summed E-state index contributed by atoms with van der Waals surface area (Å²) < 4.78 is 33.8. The second-order valence-corrected chi connectivity index (χ2v) is 11.4. The van der Waals surface area contributed by atoms with Crippen LogP contribution in [0.15, 0.2) is 121 Å². The first-order chi connectivity index (χ1) is 19.9. The minimum atomic E-state index is -3.13. The molecule has 1 unspecified atom stereocenters. The van der Waals surface area contributed by atoms with Crippen LogP contribution in [0.3, 0.4) is 0 Å². The highest BCUT2D eigenvalue weighted by Gasteiger charge is 2.52. The van der Waals surface area contributed by atoms with Gasteiger partial charge in [0.05, 0.1) is 12.0 Å². The smallest absolute Gasteiger partial charge is 0.320 e. The quantitative estimate of drug-likeness (QED) is 0.195. The first-order valence-corrected chi connectivity index (χ1v) is 14.4. The summed E-state index contributed by atoms with van der Waals surface area (Å²) in [6.07, 6.45) is -3.03. The molecule has 0 heterocycles. The molecule has 0 bridgehead atoms. The Morgan fingerprint density at radius 1 is 0.585 bits per heavy atom. The normalized spacial score (nSPS) is 18.0. The van der Waals surface area contributed by atoms with Crippen LogP contribution in [0.5, 0.6) is 0 Å². The molecule has 5 aromatic rings. The number of hydrogen-bond acceptors (Lipinski definition) is 1. The molecule has 0 spiro atoms. The highest BCUT2D eigenvalue weighted by Crippen LogP contribution is 2.63. The lowest BCUT2D eigenvalue weighted by molar-refractivity contribution is -0.240. The van der Waals surface area contributed by atoms with Gasteiger partial charge in [0.25, 0.3) is 0 Å². The fraction of sp³-hybridized carbons (Fsp3) is 0.211. The van der Waals surface area contributed by atoms with Gasteiger partial charge in [-0.3, -0.25) is 0 Å². The summed E-state index contributed by atoms with van der Waals surface area (Å²) in [6.45, 7) is 3.64. The lowest BCUT2D eigenvalue weighted by Crippen LogP contribution is -2.34. The third-order valence-corrected chi connectivity index (χ3v) is 9.31. The average molecular weight is 543 g/mol. The Bertz CT molecular complexity index is 1700. The Hall–Kier alpha value is -4.08. The van der Waals surface area contributed by atoms with Crippen molar-refractivity contribution in [1.82, 2.24) is 0 Å². The molecular formula is C38H32F2O. The maximum atomic E-state index is 14.3. The Balaban J connectivity index is 1.57. The largest absolute Gasteiger partial charge is 0.355 e. The summed E-state index contributed by atoms with van der Waals surface area (Å²) in [6, 6.07) is 43.1. The van der Waals surface area contributed by atoms with Gasteiger partial charge in [0, 0.05) is 11.8 Å². The van der Waals surface area contributed by atoms with Crippen molar-refractivity contribution < 1.29 is 13.5 Å². The molecule has 1 nitrogen and oxygen atoms in total. The van der Waals surface area contributed by atoms with Crippen LogP contribution in [0.4, 0.5) is 8.78 Å². The van der Waals surface area contributed by atoms with Crippen molar-refractivity contribution in [3.63, 3.8) is 0 Å². The monoisotopic (exact) mass is 542 g/mol. The van der Waals surface area contributed by atoms with Crippen LogP contribution in [0, 0.1) is 0 Å². The van der Waals surface area contributed by atoms with Gasteiger partial charge in [-0.25, -0.2) is 0 Å². The molecule has 3 heteroatoms. The predicted molar refractivity (Wildman–Crippen MR) is 161 cm³/mol. The summed E-state index contributed by atoms with van der Waals surface area (Å²) in [4.78, 5) is 0. The van der Waals surface area contributed by atoms with E-state index in [0.717, 1.165) is 5.56 Å². The summed E-state index contributed by atoms with van der Waals surface area (Å²) in [5.74, 6) is 0. The Kier molecular flexibility index (Phi) is 5.99. The average Bonchev–Trinajstić information content (AvgIpc) is 3.46. The van der Waals surface area contributed by atoms with Crippen molar-refractivity contribution in [2.45, 2.75) is 43.6 Å². The minimum Gasteiger partial charge on any atom is -0.320 e. The zero-order valence-electron chi connectivity index (χ0n) is 23.3. The van der Waals surface area contributed by atoms with Gasteiger partial charge in [-0.1, -0.05) is 135 Å². The van der Waals surface area contributed by atoms with Gasteiger partial charge in [-0.05, 0) is 62.1 Å². The van der Waals surface area contributed by atoms with Gasteiger partial charge >= 0.3 is 6.11 Å². The number of rotatable bonds is 7. The molecular weight excluding hydrogens is 510 g/mol. The molecule has 0 saturated heterocycles. The van der Waals surface area contributed by atoms with E-state index in [2.05, 4.69) is 128 Å². The van der Waals surface area contributed by atoms with Crippen LogP contribution >= 0.6 is 0 Å². The third kappa shape index (κ3) is 3.68. The molecule has 0 saturated carbocycles. The second kappa shape index (κ2) is 9.49. The molecule has 2 aliphatic carbocycles. The van der Waals surface area contributed by atoms with Crippen molar-refractivity contribution in [1.29, 1.82) is 0 Å². The first-order valence-electron chi connectivity index (χ1n) is 14.4. The second-order valence-electron chi connectivity index (χ2n) is 11.4. The Morgan fingerprint density at radius 2 is 1.07 bits per heavy atom. The van der Waals surface area contributed by atoms with Gasteiger partial charge in [0.1, 0.15) is 0 Å². The van der Waals surface area contributed by atoms with Crippen LogP contribution in [0.1, 0.15) is 60.1 Å². The number of ether oxygens (including phenoxy) is 1. The number of halogens is 2. The summed E-state index contributed by atoms with van der Waals surface area (Å²) >= 11 is 0. The van der Waals surface area contributed by atoms with Gasteiger partial charge in [-0.2, -0.15) is 8.78 Å². The van der Waals surface area contributed by atoms with Gasteiger partial charge in [0.15, 0.2) is 0 Å². The van der Waals surface area contributed by atoms with Crippen molar-refractivity contribution in [2.75, 3.05) is 6.61 Å². The van der Waals surface area contributed by atoms with Gasteiger partial charge < -0.3 is 4.74 Å². The molecule has 0 N–H and O–H groups in total. The molecule has 1 atom stereocenters. The van der Waals surface area contributed by atoms with Crippen molar-refractivity contribution >= 4 is 0 Å². The predicted octanol–water partition coefficient (Wildman–Crippen LogP) is 9.75. The van der Waals surface area contributed by atoms with E-state index in [0.29, 0.717) is 6.42 Å². The van der Waals surface area contributed by atoms with Crippen LogP contribution in [-0.2, 0) is 15.6 Å². The molecule has 0 aromatic heterocycles. The highest BCUT2D eigenvalue weighted by molar-refractivity contribution is 5.94. The third-order valence-electron chi connectivity index (χ3n) is 9.31. The van der Waals surface area contributed by atoms with E-state index in [9.17, 15) is 8.78 Å². The number of benzene rings is 5. The van der Waals surface area contributed by atoms with Crippen LogP contribution < -0.4 is 0 Å². The van der Waals surface area contributed by atoms with Crippen molar-refractivity contribution in [3.8, 4) is 22.3 Å². The van der Waals surface area contributed by atoms with E-state index in [4.69, 9.17) is 4.74 Å². The molecule has 41 heavy (non-hydrogen) atoms. The molecule has 7 rings (SSSR count). The molecule has 5 aromatic carbocycles. The van der Waals surface area contributed by atoms with E-state index >= 15 is 0 Å². The van der Waals surface area contributed by atoms with Gasteiger partial charge in [0.2, 0.25) is 0 Å². The molecule has 0 aliphatic heterocycles. The topological polar surface area (TPSA) is 9.23 Å². The maximum absolute atomic E-state index is 14.3. The number of alkyl halides is 2. The summed E-state index contributed by atoms with van der Waals surface area (Å²) in [7, 11) is 0.